The Balaban J connectivity index is 1.66. The van der Waals surface area contributed by atoms with Gasteiger partial charge in [0.15, 0.2) is 5.83 Å². The van der Waals surface area contributed by atoms with Gasteiger partial charge < -0.3 is 16.4 Å². The number of nitrogens with zero attached hydrogens (tertiary/aromatic N) is 4. The zero-order chi connectivity index (χ0) is 28.9. The predicted molar refractivity (Wildman–Crippen MR) is 136 cm³/mol. The molecule has 2 aliphatic rings. The molecule has 40 heavy (non-hydrogen) atoms. The number of halogens is 4. The van der Waals surface area contributed by atoms with Gasteiger partial charge in [0.05, 0.1) is 17.1 Å². The Morgan fingerprint density at radius 3 is 2.20 bits per heavy atom. The molecule has 5 rings (SSSR count). The molecule has 0 unspecified atom stereocenters. The first-order valence-corrected chi connectivity index (χ1v) is 12.7. The van der Waals surface area contributed by atoms with Crippen LogP contribution in [-0.4, -0.2) is 50.5 Å². The second-order valence-corrected chi connectivity index (χ2v) is 10.2. The lowest BCUT2D eigenvalue weighted by Crippen LogP contribution is -2.51. The summed E-state index contributed by atoms with van der Waals surface area (Å²) >= 11 is 0. The highest BCUT2D eigenvalue weighted by atomic mass is 19.4. The Bertz CT molecular complexity index is 1520. The standard InChI is InChI=1S/C27H26F4N6O3/c1-13(28)26(40)36-11-17(12-36)37-23-19(25(33)39)8-7-18(14-2-4-15(5-3-14)24(32)38)21(23)22(35-37)16-6-9-20(34-10-16)27(29,30)31/h6-10,14-15,17H,1-5,11-12H2,(H2,32,38)(H2,33,39). The van der Waals surface area contributed by atoms with Crippen molar-refractivity contribution in [2.24, 2.45) is 17.4 Å². The maximum Gasteiger partial charge on any atom is 0.433 e. The number of pyridine rings is 1. The fourth-order valence-electron chi connectivity index (χ4n) is 5.64. The topological polar surface area (TPSA) is 137 Å². The smallest absolute Gasteiger partial charge is 0.369 e. The minimum Gasteiger partial charge on any atom is -0.369 e. The number of primary amides is 2. The van der Waals surface area contributed by atoms with Gasteiger partial charge in [0.25, 0.3) is 11.8 Å². The average molecular weight is 559 g/mol. The molecule has 1 aliphatic heterocycles. The van der Waals surface area contributed by atoms with Gasteiger partial charge in [0.2, 0.25) is 5.91 Å². The van der Waals surface area contributed by atoms with Gasteiger partial charge in [-0.1, -0.05) is 12.6 Å². The third-order valence-corrected chi connectivity index (χ3v) is 7.77. The zero-order valence-electron chi connectivity index (χ0n) is 21.2. The van der Waals surface area contributed by atoms with Crippen LogP contribution in [0.1, 0.15) is 59.3 Å². The third kappa shape index (κ3) is 4.80. The second-order valence-electron chi connectivity index (χ2n) is 10.2. The van der Waals surface area contributed by atoms with Crippen molar-refractivity contribution in [1.29, 1.82) is 0 Å². The summed E-state index contributed by atoms with van der Waals surface area (Å²) in [7, 11) is 0. The summed E-state index contributed by atoms with van der Waals surface area (Å²) in [5, 5.41) is 5.24. The minimum atomic E-state index is -4.63. The number of carbonyl (C=O) groups excluding carboxylic acids is 3. The van der Waals surface area contributed by atoms with Gasteiger partial charge in [0.1, 0.15) is 11.4 Å². The molecule has 1 saturated heterocycles. The summed E-state index contributed by atoms with van der Waals surface area (Å²) in [6.07, 6.45) is -1.18. The normalized spacial score (nSPS) is 19.9. The number of alkyl halides is 3. The molecule has 9 nitrogen and oxygen atoms in total. The highest BCUT2D eigenvalue weighted by Gasteiger charge is 2.38. The number of hydrogen-bond donors (Lipinski definition) is 2. The molecule has 4 N–H and O–H groups in total. The van der Waals surface area contributed by atoms with Crippen LogP contribution in [0.15, 0.2) is 42.9 Å². The Morgan fingerprint density at radius 2 is 1.68 bits per heavy atom. The van der Waals surface area contributed by atoms with Crippen LogP contribution in [0.5, 0.6) is 0 Å². The number of aromatic nitrogens is 3. The van der Waals surface area contributed by atoms with Crippen molar-refractivity contribution in [2.45, 2.75) is 43.8 Å². The molecule has 0 spiro atoms. The van der Waals surface area contributed by atoms with Crippen LogP contribution < -0.4 is 11.5 Å². The van der Waals surface area contributed by atoms with Gasteiger partial charge >= 0.3 is 6.18 Å². The number of rotatable bonds is 6. The molecule has 1 aliphatic carbocycles. The monoisotopic (exact) mass is 558 g/mol. The molecule has 1 aromatic carbocycles. The van der Waals surface area contributed by atoms with Crippen LogP contribution in [0.3, 0.4) is 0 Å². The van der Waals surface area contributed by atoms with Gasteiger partial charge in [-0.3, -0.25) is 24.0 Å². The fourth-order valence-corrected chi connectivity index (χ4v) is 5.64. The summed E-state index contributed by atoms with van der Waals surface area (Å²) in [4.78, 5) is 41.1. The number of benzene rings is 1. The number of fused-ring (bicyclic) bond motifs is 1. The molecule has 0 radical (unpaired) electrons. The molecule has 210 valence electrons. The fraction of sp³-hybridized carbons (Fsp3) is 0.370. The first-order chi connectivity index (χ1) is 18.9. The molecular formula is C27H26F4N6O3. The van der Waals surface area contributed by atoms with E-state index in [4.69, 9.17) is 16.6 Å². The lowest BCUT2D eigenvalue weighted by molar-refractivity contribution is -0.141. The van der Waals surface area contributed by atoms with Crippen molar-refractivity contribution in [3.8, 4) is 11.3 Å². The van der Waals surface area contributed by atoms with Crippen molar-refractivity contribution in [3.05, 3.63) is 59.7 Å². The Morgan fingerprint density at radius 1 is 1.00 bits per heavy atom. The van der Waals surface area contributed by atoms with E-state index in [1.54, 1.807) is 12.1 Å². The number of carbonyl (C=O) groups is 3. The quantitative estimate of drug-likeness (QED) is 0.350. The van der Waals surface area contributed by atoms with Gasteiger partial charge in [-0.2, -0.15) is 18.3 Å². The maximum atomic E-state index is 13.4. The third-order valence-electron chi connectivity index (χ3n) is 7.77. The average Bonchev–Trinajstić information content (AvgIpc) is 3.27. The summed E-state index contributed by atoms with van der Waals surface area (Å²) in [6, 6.07) is 5.00. The van der Waals surface area contributed by atoms with Gasteiger partial charge in [-0.05, 0) is 55.4 Å². The van der Waals surface area contributed by atoms with Crippen LogP contribution in [0, 0.1) is 5.92 Å². The van der Waals surface area contributed by atoms with Crippen LogP contribution in [0.2, 0.25) is 0 Å². The highest BCUT2D eigenvalue weighted by molar-refractivity contribution is 6.09. The van der Waals surface area contributed by atoms with Crippen LogP contribution in [0.25, 0.3) is 22.2 Å². The van der Waals surface area contributed by atoms with Crippen molar-refractivity contribution >= 4 is 28.6 Å². The van der Waals surface area contributed by atoms with Gasteiger partial charge in [0, 0.05) is 36.2 Å². The van der Waals surface area contributed by atoms with E-state index in [0.717, 1.165) is 17.8 Å². The number of nitrogens with two attached hydrogens (primary N) is 2. The minimum absolute atomic E-state index is 0.0480. The van der Waals surface area contributed by atoms with E-state index >= 15 is 0 Å². The first-order valence-electron chi connectivity index (χ1n) is 12.7. The SMILES string of the molecule is C=C(F)C(=O)N1CC(n2nc(-c3ccc(C(F)(F)F)nc3)c3c(C4CCC(C(N)=O)CC4)ccc(C(N)=O)c32)C1. The van der Waals surface area contributed by atoms with Crippen molar-refractivity contribution in [2.75, 3.05) is 13.1 Å². The predicted octanol–water partition coefficient (Wildman–Crippen LogP) is 3.84. The molecule has 1 saturated carbocycles. The summed E-state index contributed by atoms with van der Waals surface area (Å²) in [5.74, 6) is -3.36. The molecular weight excluding hydrogens is 532 g/mol. The number of amides is 3. The molecule has 3 amide bonds. The molecule has 13 heteroatoms. The van der Waals surface area contributed by atoms with E-state index < -0.39 is 35.6 Å². The Labute approximate surface area is 225 Å². The van der Waals surface area contributed by atoms with Gasteiger partial charge in [-0.15, -0.1) is 0 Å². The highest BCUT2D eigenvalue weighted by Crippen LogP contribution is 2.44. The molecule has 0 bridgehead atoms. The summed E-state index contributed by atoms with van der Waals surface area (Å²) in [6.45, 7) is 3.19. The lowest BCUT2D eigenvalue weighted by atomic mass is 9.77. The van der Waals surface area contributed by atoms with Crippen molar-refractivity contribution in [1.82, 2.24) is 19.7 Å². The zero-order valence-corrected chi connectivity index (χ0v) is 21.2. The van der Waals surface area contributed by atoms with E-state index in [0.29, 0.717) is 42.3 Å². The van der Waals surface area contributed by atoms with Crippen molar-refractivity contribution in [3.63, 3.8) is 0 Å². The first kappa shape index (κ1) is 27.3. The maximum absolute atomic E-state index is 13.4. The van der Waals surface area contributed by atoms with E-state index in [2.05, 4.69) is 11.6 Å². The van der Waals surface area contributed by atoms with Gasteiger partial charge in [-0.25, -0.2) is 4.39 Å². The molecule has 3 aromatic rings. The largest absolute Gasteiger partial charge is 0.433 e. The molecule has 2 aromatic heterocycles. The van der Waals surface area contributed by atoms with Crippen molar-refractivity contribution < 1.29 is 31.9 Å². The number of hydrogen-bond acceptors (Lipinski definition) is 5. The van der Waals surface area contributed by atoms with Crippen LogP contribution >= 0.6 is 0 Å². The lowest BCUT2D eigenvalue weighted by Gasteiger charge is -2.39. The molecule has 2 fully saturated rings. The van der Waals surface area contributed by atoms with E-state index in [1.165, 1.54) is 15.6 Å². The van der Waals surface area contributed by atoms with E-state index in [1.807, 2.05) is 0 Å². The van der Waals surface area contributed by atoms with E-state index in [-0.39, 0.29) is 42.0 Å². The Hall–Kier alpha value is -4.29. The summed E-state index contributed by atoms with van der Waals surface area (Å²) in [5.41, 5.74) is 12.1. The second kappa shape index (κ2) is 10.0. The van der Waals surface area contributed by atoms with Crippen LogP contribution in [0.4, 0.5) is 17.6 Å². The molecule has 3 heterocycles. The summed E-state index contributed by atoms with van der Waals surface area (Å²) < 4.78 is 54.6. The Kier molecular flexibility index (Phi) is 6.84. The molecule has 0 atom stereocenters. The van der Waals surface area contributed by atoms with Crippen LogP contribution in [-0.2, 0) is 15.8 Å². The number of likely N-dealkylation sites (tertiary alicyclic amines) is 1. The van der Waals surface area contributed by atoms with E-state index in [9.17, 15) is 31.9 Å².